The van der Waals surface area contributed by atoms with Crippen LogP contribution in [0.25, 0.3) is 16.2 Å². The van der Waals surface area contributed by atoms with Crippen LogP contribution in [0.3, 0.4) is 0 Å². The smallest absolute Gasteiger partial charge is 0.212 e. The van der Waals surface area contributed by atoms with Crippen LogP contribution in [0.15, 0.2) is 29.8 Å². The van der Waals surface area contributed by atoms with Crippen LogP contribution in [-0.4, -0.2) is 14.6 Å². The van der Waals surface area contributed by atoms with Crippen molar-refractivity contribution in [2.45, 2.75) is 20.3 Å². The summed E-state index contributed by atoms with van der Waals surface area (Å²) in [5.41, 5.74) is 6.47. The number of imidazole rings is 1. The van der Waals surface area contributed by atoms with Crippen LogP contribution in [0, 0.1) is 6.92 Å². The maximum absolute atomic E-state index is 4.62. The van der Waals surface area contributed by atoms with Crippen LogP contribution in [-0.2, 0) is 6.42 Å². The predicted octanol–water partition coefficient (Wildman–Crippen LogP) is 3.33. The zero-order chi connectivity index (χ0) is 11.8. The molecule has 86 valence electrons. The molecule has 17 heavy (non-hydrogen) atoms. The Morgan fingerprint density at radius 3 is 2.65 bits per heavy atom. The third-order valence-electron chi connectivity index (χ3n) is 3.01. The van der Waals surface area contributed by atoms with Crippen molar-refractivity contribution in [3.63, 3.8) is 0 Å². The zero-order valence-electron chi connectivity index (χ0n) is 9.84. The van der Waals surface area contributed by atoms with Crippen molar-refractivity contribution in [1.29, 1.82) is 0 Å². The number of hydrogen-bond donors (Lipinski definition) is 0. The highest BCUT2D eigenvalue weighted by Crippen LogP contribution is 2.25. The Bertz CT molecular complexity index is 649. The average molecular weight is 243 g/mol. The molecule has 2 heterocycles. The summed E-state index contributed by atoms with van der Waals surface area (Å²) in [7, 11) is 0. The lowest BCUT2D eigenvalue weighted by molar-refractivity contribution is 0.932. The van der Waals surface area contributed by atoms with Gasteiger partial charge in [0.25, 0.3) is 0 Å². The molecule has 1 aromatic carbocycles. The number of hydrogen-bond acceptors (Lipinski definition) is 3. The van der Waals surface area contributed by atoms with E-state index in [1.807, 2.05) is 10.0 Å². The van der Waals surface area contributed by atoms with Crippen molar-refractivity contribution in [3.05, 3.63) is 41.0 Å². The van der Waals surface area contributed by atoms with Gasteiger partial charge in [-0.15, -0.1) is 0 Å². The van der Waals surface area contributed by atoms with E-state index in [1.165, 1.54) is 5.56 Å². The Balaban J connectivity index is 2.12. The standard InChI is InChI=1S/C13H13N3S/c1-3-10-4-6-11(7-5-10)12-9(2)16-13(15-12)17-8-14-16/h4-8H,3H2,1-2H3. The van der Waals surface area contributed by atoms with E-state index in [0.717, 1.165) is 28.3 Å². The van der Waals surface area contributed by atoms with Crippen LogP contribution in [0.4, 0.5) is 0 Å². The molecule has 0 amide bonds. The Labute approximate surface area is 104 Å². The topological polar surface area (TPSA) is 30.2 Å². The molecule has 0 N–H and O–H groups in total. The van der Waals surface area contributed by atoms with E-state index in [0.29, 0.717) is 0 Å². The van der Waals surface area contributed by atoms with Crippen molar-refractivity contribution < 1.29 is 0 Å². The highest BCUT2D eigenvalue weighted by molar-refractivity contribution is 7.14. The fourth-order valence-electron chi connectivity index (χ4n) is 1.97. The van der Waals surface area contributed by atoms with Crippen molar-refractivity contribution >= 4 is 16.3 Å². The largest absolute Gasteiger partial charge is 0.217 e. The number of rotatable bonds is 2. The lowest BCUT2D eigenvalue weighted by atomic mass is 10.1. The minimum Gasteiger partial charge on any atom is -0.217 e. The lowest BCUT2D eigenvalue weighted by Gasteiger charge is -2.00. The van der Waals surface area contributed by atoms with Gasteiger partial charge in [-0.3, -0.25) is 0 Å². The fourth-order valence-corrected chi connectivity index (χ4v) is 2.63. The summed E-state index contributed by atoms with van der Waals surface area (Å²) in [5.74, 6) is 0. The first kappa shape index (κ1) is 10.5. The summed E-state index contributed by atoms with van der Waals surface area (Å²) >= 11 is 1.57. The molecule has 0 saturated carbocycles. The first-order valence-corrected chi connectivity index (χ1v) is 6.55. The van der Waals surface area contributed by atoms with Gasteiger partial charge in [0.1, 0.15) is 5.51 Å². The summed E-state index contributed by atoms with van der Waals surface area (Å²) in [6, 6.07) is 8.60. The molecule has 0 aliphatic heterocycles. The fraction of sp³-hybridized carbons (Fsp3) is 0.231. The Hall–Kier alpha value is -1.68. The molecule has 2 aromatic heterocycles. The maximum Gasteiger partial charge on any atom is 0.212 e. The summed E-state index contributed by atoms with van der Waals surface area (Å²) in [5, 5.41) is 4.27. The number of aryl methyl sites for hydroxylation is 2. The second-order valence-electron chi connectivity index (χ2n) is 4.03. The monoisotopic (exact) mass is 243 g/mol. The number of benzene rings is 1. The molecule has 0 aliphatic rings. The second-order valence-corrected chi connectivity index (χ2v) is 4.84. The van der Waals surface area contributed by atoms with Crippen LogP contribution < -0.4 is 0 Å². The van der Waals surface area contributed by atoms with E-state index in [-0.39, 0.29) is 0 Å². The van der Waals surface area contributed by atoms with Gasteiger partial charge < -0.3 is 0 Å². The Kier molecular flexibility index (Phi) is 2.44. The van der Waals surface area contributed by atoms with Gasteiger partial charge in [-0.1, -0.05) is 42.5 Å². The third kappa shape index (κ3) is 1.65. The van der Waals surface area contributed by atoms with E-state index in [2.05, 4.69) is 48.2 Å². The molecule has 0 aliphatic carbocycles. The summed E-state index contributed by atoms with van der Waals surface area (Å²) in [6.45, 7) is 4.22. The van der Waals surface area contributed by atoms with Crippen molar-refractivity contribution in [1.82, 2.24) is 14.6 Å². The van der Waals surface area contributed by atoms with Crippen LogP contribution in [0.5, 0.6) is 0 Å². The summed E-state index contributed by atoms with van der Waals surface area (Å²) in [6.07, 6.45) is 1.07. The molecule has 0 saturated heterocycles. The van der Waals surface area contributed by atoms with Crippen molar-refractivity contribution in [2.75, 3.05) is 0 Å². The molecule has 0 radical (unpaired) electrons. The molecule has 0 atom stereocenters. The molecule has 0 spiro atoms. The summed E-state index contributed by atoms with van der Waals surface area (Å²) in [4.78, 5) is 5.57. The Morgan fingerprint density at radius 1 is 1.24 bits per heavy atom. The highest BCUT2D eigenvalue weighted by atomic mass is 32.1. The van der Waals surface area contributed by atoms with Gasteiger partial charge in [-0.25, -0.2) is 9.50 Å². The molecule has 0 unspecified atom stereocenters. The minimum absolute atomic E-state index is 0.956. The van der Waals surface area contributed by atoms with Gasteiger partial charge in [-0.2, -0.15) is 5.10 Å². The van der Waals surface area contributed by atoms with E-state index in [4.69, 9.17) is 0 Å². The second kappa shape index (κ2) is 3.96. The van der Waals surface area contributed by atoms with Gasteiger partial charge in [0.05, 0.1) is 11.4 Å². The van der Waals surface area contributed by atoms with E-state index in [9.17, 15) is 0 Å². The highest BCUT2D eigenvalue weighted by Gasteiger charge is 2.11. The average Bonchev–Trinajstić information content (AvgIpc) is 2.93. The number of nitrogens with zero attached hydrogens (tertiary/aromatic N) is 3. The van der Waals surface area contributed by atoms with Gasteiger partial charge in [0, 0.05) is 5.56 Å². The molecule has 3 nitrogen and oxygen atoms in total. The van der Waals surface area contributed by atoms with Gasteiger partial charge in [-0.05, 0) is 18.9 Å². The van der Waals surface area contributed by atoms with Crippen LogP contribution >= 0.6 is 11.3 Å². The van der Waals surface area contributed by atoms with E-state index < -0.39 is 0 Å². The number of aromatic nitrogens is 3. The molecule has 4 heteroatoms. The molecular weight excluding hydrogens is 230 g/mol. The molecule has 0 fully saturated rings. The van der Waals surface area contributed by atoms with Crippen LogP contribution in [0.2, 0.25) is 0 Å². The van der Waals surface area contributed by atoms with Gasteiger partial charge >= 0.3 is 0 Å². The Morgan fingerprint density at radius 2 is 2.00 bits per heavy atom. The van der Waals surface area contributed by atoms with Gasteiger partial charge in [0.2, 0.25) is 4.96 Å². The zero-order valence-corrected chi connectivity index (χ0v) is 10.7. The van der Waals surface area contributed by atoms with E-state index >= 15 is 0 Å². The third-order valence-corrected chi connectivity index (χ3v) is 3.68. The van der Waals surface area contributed by atoms with Crippen molar-refractivity contribution in [2.24, 2.45) is 0 Å². The molecular formula is C13H13N3S. The normalized spacial score (nSPS) is 11.2. The number of fused-ring (bicyclic) bond motifs is 1. The molecule has 3 aromatic rings. The molecule has 3 rings (SSSR count). The van der Waals surface area contributed by atoms with Crippen LogP contribution in [0.1, 0.15) is 18.2 Å². The SMILES string of the molecule is CCc1ccc(-c2nc3scnn3c2C)cc1. The van der Waals surface area contributed by atoms with Gasteiger partial charge in [0.15, 0.2) is 0 Å². The first-order chi connectivity index (χ1) is 8.29. The maximum atomic E-state index is 4.62. The first-order valence-electron chi connectivity index (χ1n) is 5.67. The quantitative estimate of drug-likeness (QED) is 0.691. The van der Waals surface area contributed by atoms with Crippen molar-refractivity contribution in [3.8, 4) is 11.3 Å². The minimum atomic E-state index is 0.956. The lowest BCUT2D eigenvalue weighted by Crippen LogP contribution is -1.88. The predicted molar refractivity (Wildman–Crippen MR) is 70.4 cm³/mol. The van der Waals surface area contributed by atoms with E-state index in [1.54, 1.807) is 11.3 Å². The summed E-state index contributed by atoms with van der Waals surface area (Å²) < 4.78 is 1.90. The molecule has 0 bridgehead atoms.